The molecule has 0 spiro atoms. The predicted octanol–water partition coefficient (Wildman–Crippen LogP) is 3.02. The zero-order valence-corrected chi connectivity index (χ0v) is 25.3. The molecule has 1 fully saturated rings. The van der Waals surface area contributed by atoms with Gasteiger partial charge in [0.05, 0.1) is 18.2 Å². The average molecular weight is 588 g/mol. The summed E-state index contributed by atoms with van der Waals surface area (Å²) in [6, 6.07) is 19.1. The van der Waals surface area contributed by atoms with Crippen molar-refractivity contribution < 1.29 is 29.7 Å². The van der Waals surface area contributed by atoms with Crippen molar-refractivity contribution in [1.82, 2.24) is 15.5 Å². The van der Waals surface area contributed by atoms with E-state index in [0.717, 1.165) is 16.7 Å². The molecule has 3 aromatic rings. The first kappa shape index (κ1) is 31.7. The molecule has 0 aliphatic carbocycles. The van der Waals surface area contributed by atoms with E-state index < -0.39 is 46.9 Å². The van der Waals surface area contributed by atoms with Crippen LogP contribution in [0.1, 0.15) is 53.4 Å². The first-order valence-electron chi connectivity index (χ1n) is 14.4. The van der Waals surface area contributed by atoms with Gasteiger partial charge in [0.15, 0.2) is 6.10 Å². The van der Waals surface area contributed by atoms with Crippen molar-refractivity contribution in [2.75, 3.05) is 6.54 Å². The summed E-state index contributed by atoms with van der Waals surface area (Å²) in [6.45, 7) is 8.61. The minimum absolute atomic E-state index is 0.0510. The molecule has 3 amide bonds. The third-order valence-corrected chi connectivity index (χ3v) is 8.91. The fourth-order valence-electron chi connectivity index (χ4n) is 5.64. The zero-order chi connectivity index (χ0) is 31.5. The second kappa shape index (κ2) is 12.6. The van der Waals surface area contributed by atoms with Gasteiger partial charge in [-0.15, -0.1) is 0 Å². The summed E-state index contributed by atoms with van der Waals surface area (Å²) in [6.07, 6.45) is -1.62. The van der Waals surface area contributed by atoms with Crippen LogP contribution in [0.4, 0.5) is 0 Å². The van der Waals surface area contributed by atoms with Gasteiger partial charge in [0.1, 0.15) is 11.8 Å². The van der Waals surface area contributed by atoms with Crippen molar-refractivity contribution in [2.24, 2.45) is 5.41 Å². The third kappa shape index (κ3) is 6.58. The number of benzene rings is 3. The molecule has 0 bridgehead atoms. The molecule has 3 aromatic carbocycles. The molecule has 4 rings (SSSR count). The van der Waals surface area contributed by atoms with Crippen LogP contribution >= 0.6 is 0 Å². The Hall–Kier alpha value is -4.21. The zero-order valence-electron chi connectivity index (χ0n) is 25.3. The van der Waals surface area contributed by atoms with Crippen LogP contribution in [0.25, 0.3) is 0 Å². The minimum Gasteiger partial charge on any atom is -0.508 e. The van der Waals surface area contributed by atoms with Gasteiger partial charge in [-0.25, -0.2) is 0 Å². The number of nitrogens with zero attached hydrogens (tertiary/aromatic N) is 1. The summed E-state index contributed by atoms with van der Waals surface area (Å²) in [5, 5.41) is 38.7. The van der Waals surface area contributed by atoms with Gasteiger partial charge in [0.2, 0.25) is 5.91 Å². The van der Waals surface area contributed by atoms with E-state index in [-0.39, 0.29) is 30.8 Å². The van der Waals surface area contributed by atoms with E-state index in [1.807, 2.05) is 61.5 Å². The van der Waals surface area contributed by atoms with Crippen LogP contribution in [-0.2, 0) is 22.6 Å². The number of aliphatic hydroxyl groups excluding tert-OH is 1. The van der Waals surface area contributed by atoms with Crippen LogP contribution in [0, 0.1) is 19.3 Å². The number of carbonyl (C=O) groups is 3. The Morgan fingerprint density at radius 2 is 1.60 bits per heavy atom. The standard InChI is InChI=1S/C34H41N3O6/c1-21-12-9-10-15-24(21)19-35-31(41)29-33(3,4)34(5,43)20-37(29)32(42)28(39)26(18-23-13-7-6-8-14-23)36-30(40)25-16-11-17-27(38)22(25)2/h6-17,26,28-29,38-39,43H,18-20H2,1-5H3,(H,35,41)(H,36,40)/t26-,28-,29+,34?/m0/s1. The highest BCUT2D eigenvalue weighted by molar-refractivity contribution is 5.97. The van der Waals surface area contributed by atoms with E-state index in [1.165, 1.54) is 11.0 Å². The summed E-state index contributed by atoms with van der Waals surface area (Å²) >= 11 is 0. The SMILES string of the molecule is Cc1ccccc1CNC(=O)[C@H]1N(C(=O)[C@@H](O)[C@H](Cc2ccccc2)NC(=O)c2cccc(O)c2C)CC(C)(O)C1(C)C. The van der Waals surface area contributed by atoms with Crippen molar-refractivity contribution in [3.63, 3.8) is 0 Å². The number of rotatable bonds is 9. The van der Waals surface area contributed by atoms with Crippen LogP contribution in [0.15, 0.2) is 72.8 Å². The smallest absolute Gasteiger partial charge is 0.254 e. The summed E-state index contributed by atoms with van der Waals surface area (Å²) < 4.78 is 0. The molecule has 0 aromatic heterocycles. The highest BCUT2D eigenvalue weighted by atomic mass is 16.3. The molecule has 1 aliphatic rings. The second-order valence-electron chi connectivity index (χ2n) is 12.2. The molecule has 1 aliphatic heterocycles. The van der Waals surface area contributed by atoms with Crippen LogP contribution in [0.5, 0.6) is 5.75 Å². The lowest BCUT2D eigenvalue weighted by Gasteiger charge is -2.36. The van der Waals surface area contributed by atoms with Crippen molar-refractivity contribution in [3.05, 3.63) is 101 Å². The van der Waals surface area contributed by atoms with E-state index >= 15 is 0 Å². The summed E-state index contributed by atoms with van der Waals surface area (Å²) in [5.74, 6) is -1.85. The van der Waals surface area contributed by atoms with Crippen molar-refractivity contribution >= 4 is 17.7 Å². The van der Waals surface area contributed by atoms with Crippen LogP contribution in [0.3, 0.4) is 0 Å². The molecule has 228 valence electrons. The maximum atomic E-state index is 14.0. The normalized spacial score (nSPS) is 20.7. The van der Waals surface area contributed by atoms with Gasteiger partial charge < -0.3 is 30.9 Å². The van der Waals surface area contributed by atoms with Crippen molar-refractivity contribution in [1.29, 1.82) is 0 Å². The third-order valence-electron chi connectivity index (χ3n) is 8.91. The Balaban J connectivity index is 1.62. The Labute approximate surface area is 252 Å². The molecular formula is C34H41N3O6. The molecule has 4 atom stereocenters. The molecule has 43 heavy (non-hydrogen) atoms. The molecule has 5 N–H and O–H groups in total. The van der Waals surface area contributed by atoms with E-state index in [2.05, 4.69) is 10.6 Å². The van der Waals surface area contributed by atoms with Crippen molar-refractivity contribution in [2.45, 2.75) is 71.4 Å². The van der Waals surface area contributed by atoms with Gasteiger partial charge >= 0.3 is 0 Å². The highest BCUT2D eigenvalue weighted by Crippen LogP contribution is 2.44. The Morgan fingerprint density at radius 1 is 0.953 bits per heavy atom. The number of hydrogen-bond acceptors (Lipinski definition) is 6. The summed E-state index contributed by atoms with van der Waals surface area (Å²) in [7, 11) is 0. The number of likely N-dealkylation sites (tertiary alicyclic amines) is 1. The number of phenolic OH excluding ortho intramolecular Hbond substituents is 1. The monoisotopic (exact) mass is 587 g/mol. The fourth-order valence-corrected chi connectivity index (χ4v) is 5.64. The molecule has 0 saturated carbocycles. The number of β-amino-alcohol motifs (C(OH)–C–C–N with tert-alkyl or cyclic N) is 1. The molecule has 9 heteroatoms. The van der Waals surface area contributed by atoms with Gasteiger partial charge in [-0.05, 0) is 56.0 Å². The molecule has 1 heterocycles. The van der Waals surface area contributed by atoms with Crippen LogP contribution in [0.2, 0.25) is 0 Å². The van der Waals surface area contributed by atoms with E-state index in [1.54, 1.807) is 39.8 Å². The first-order chi connectivity index (χ1) is 20.2. The van der Waals surface area contributed by atoms with Crippen LogP contribution in [-0.4, -0.2) is 68.3 Å². The molecular weight excluding hydrogens is 546 g/mol. The number of phenols is 1. The number of aryl methyl sites for hydroxylation is 1. The van der Waals surface area contributed by atoms with Gasteiger partial charge in [-0.1, -0.05) is 74.5 Å². The number of carbonyl (C=O) groups excluding carboxylic acids is 3. The first-order valence-corrected chi connectivity index (χ1v) is 14.4. The maximum Gasteiger partial charge on any atom is 0.254 e. The Morgan fingerprint density at radius 3 is 2.28 bits per heavy atom. The topological polar surface area (TPSA) is 139 Å². The Kier molecular flexibility index (Phi) is 9.27. The van der Waals surface area contributed by atoms with Gasteiger partial charge in [-0.2, -0.15) is 0 Å². The number of nitrogens with one attached hydrogen (secondary N) is 2. The van der Waals surface area contributed by atoms with E-state index in [0.29, 0.717) is 5.56 Å². The van der Waals surface area contributed by atoms with Gasteiger partial charge in [0, 0.05) is 23.1 Å². The lowest BCUT2D eigenvalue weighted by Crippen LogP contribution is -2.57. The number of amides is 3. The average Bonchev–Trinajstić information content (AvgIpc) is 3.16. The second-order valence-corrected chi connectivity index (χ2v) is 12.2. The van der Waals surface area contributed by atoms with Gasteiger partial charge in [-0.3, -0.25) is 14.4 Å². The van der Waals surface area contributed by atoms with E-state index in [4.69, 9.17) is 0 Å². The quantitative estimate of drug-likeness (QED) is 0.261. The molecule has 9 nitrogen and oxygen atoms in total. The predicted molar refractivity (Wildman–Crippen MR) is 163 cm³/mol. The number of aliphatic hydroxyl groups is 2. The molecule has 0 radical (unpaired) electrons. The highest BCUT2D eigenvalue weighted by Gasteiger charge is 2.60. The Bertz CT molecular complexity index is 1490. The van der Waals surface area contributed by atoms with Gasteiger partial charge in [0.25, 0.3) is 11.8 Å². The summed E-state index contributed by atoms with van der Waals surface area (Å²) in [5.41, 5.74) is 0.764. The summed E-state index contributed by atoms with van der Waals surface area (Å²) in [4.78, 5) is 42.3. The van der Waals surface area contributed by atoms with Crippen molar-refractivity contribution in [3.8, 4) is 5.75 Å². The minimum atomic E-state index is -1.74. The molecule has 1 saturated heterocycles. The fraction of sp³-hybridized carbons (Fsp3) is 0.382. The maximum absolute atomic E-state index is 14.0. The largest absolute Gasteiger partial charge is 0.508 e. The van der Waals surface area contributed by atoms with E-state index in [9.17, 15) is 29.7 Å². The number of hydrogen-bond donors (Lipinski definition) is 5. The lowest BCUT2D eigenvalue weighted by molar-refractivity contribution is -0.148. The molecule has 1 unspecified atom stereocenters. The lowest BCUT2D eigenvalue weighted by atomic mass is 9.74. The van der Waals surface area contributed by atoms with Crippen LogP contribution < -0.4 is 10.6 Å². The number of aromatic hydroxyl groups is 1.